The van der Waals surface area contributed by atoms with Crippen molar-refractivity contribution in [1.82, 2.24) is 9.88 Å². The quantitative estimate of drug-likeness (QED) is 0.528. The van der Waals surface area contributed by atoms with Crippen molar-refractivity contribution in [2.24, 2.45) is 5.92 Å². The maximum atomic E-state index is 15.1. The first-order chi connectivity index (χ1) is 15.1. The van der Waals surface area contributed by atoms with Crippen LogP contribution in [0.5, 0.6) is 0 Å². The SMILES string of the molecule is CC(C)O.CN(C)C(=O)c1c(N)ccc(-c2cnc(NCC3CCCCC3)cc2Cl)c1F. The summed E-state index contributed by atoms with van der Waals surface area (Å²) < 4.78 is 15.1. The van der Waals surface area contributed by atoms with Gasteiger partial charge >= 0.3 is 0 Å². The maximum Gasteiger partial charge on any atom is 0.258 e. The van der Waals surface area contributed by atoms with Crippen molar-refractivity contribution in [3.8, 4) is 11.1 Å². The van der Waals surface area contributed by atoms with Gasteiger partial charge in [0.2, 0.25) is 0 Å². The van der Waals surface area contributed by atoms with Crippen LogP contribution in [0.15, 0.2) is 24.4 Å². The van der Waals surface area contributed by atoms with E-state index in [9.17, 15) is 4.79 Å². The molecule has 0 aliphatic heterocycles. The third-order valence-electron chi connectivity index (χ3n) is 5.23. The molecule has 1 saturated carbocycles. The Kier molecular flexibility index (Phi) is 9.72. The molecule has 0 bridgehead atoms. The lowest BCUT2D eigenvalue weighted by Crippen LogP contribution is -2.24. The number of benzene rings is 1. The van der Waals surface area contributed by atoms with Gasteiger partial charge in [-0.05, 0) is 50.8 Å². The molecule has 1 aromatic carbocycles. The van der Waals surface area contributed by atoms with Gasteiger partial charge in [0.25, 0.3) is 5.91 Å². The summed E-state index contributed by atoms with van der Waals surface area (Å²) in [4.78, 5) is 18.0. The number of nitrogens with two attached hydrogens (primary N) is 1. The van der Waals surface area contributed by atoms with E-state index in [0.717, 1.165) is 6.54 Å². The molecule has 1 aliphatic carbocycles. The molecule has 0 saturated heterocycles. The smallest absolute Gasteiger partial charge is 0.258 e. The summed E-state index contributed by atoms with van der Waals surface area (Å²) in [5.41, 5.74) is 6.40. The molecule has 0 radical (unpaired) electrons. The number of aliphatic hydroxyl groups excluding tert-OH is 1. The molecule has 0 spiro atoms. The Labute approximate surface area is 195 Å². The second-order valence-electron chi connectivity index (χ2n) is 8.62. The Morgan fingerprint density at radius 1 is 1.28 bits per heavy atom. The maximum absolute atomic E-state index is 15.1. The van der Waals surface area contributed by atoms with Crippen LogP contribution in [0, 0.1) is 11.7 Å². The summed E-state index contributed by atoms with van der Waals surface area (Å²) in [7, 11) is 3.10. The molecule has 6 nitrogen and oxygen atoms in total. The fourth-order valence-electron chi connectivity index (χ4n) is 3.61. The van der Waals surface area contributed by atoms with Gasteiger partial charge < -0.3 is 21.1 Å². The number of rotatable bonds is 5. The third kappa shape index (κ3) is 7.07. The summed E-state index contributed by atoms with van der Waals surface area (Å²) >= 11 is 6.42. The van der Waals surface area contributed by atoms with Gasteiger partial charge in [0.05, 0.1) is 10.6 Å². The summed E-state index contributed by atoms with van der Waals surface area (Å²) in [5, 5.41) is 11.8. The van der Waals surface area contributed by atoms with Crippen LogP contribution in [0.25, 0.3) is 11.1 Å². The van der Waals surface area contributed by atoms with E-state index in [1.807, 2.05) is 0 Å². The molecule has 32 heavy (non-hydrogen) atoms. The molecule has 0 atom stereocenters. The summed E-state index contributed by atoms with van der Waals surface area (Å²) in [6, 6.07) is 4.73. The van der Waals surface area contributed by atoms with Crippen LogP contribution in [0.2, 0.25) is 5.02 Å². The minimum absolute atomic E-state index is 0.0924. The predicted octanol–water partition coefficient (Wildman–Crippen LogP) is 5.20. The zero-order valence-electron chi connectivity index (χ0n) is 19.3. The van der Waals surface area contributed by atoms with Gasteiger partial charge in [-0.3, -0.25) is 4.79 Å². The van der Waals surface area contributed by atoms with E-state index in [-0.39, 0.29) is 22.9 Å². The van der Waals surface area contributed by atoms with Crippen LogP contribution < -0.4 is 11.1 Å². The van der Waals surface area contributed by atoms with Crippen molar-refractivity contribution < 1.29 is 14.3 Å². The van der Waals surface area contributed by atoms with Crippen molar-refractivity contribution in [2.75, 3.05) is 31.7 Å². The number of nitrogen functional groups attached to an aromatic ring is 1. The number of hydrogen-bond donors (Lipinski definition) is 3. The van der Waals surface area contributed by atoms with E-state index in [2.05, 4.69) is 10.3 Å². The average molecular weight is 465 g/mol. The van der Waals surface area contributed by atoms with Crippen molar-refractivity contribution >= 4 is 29.0 Å². The van der Waals surface area contributed by atoms with Gasteiger partial charge in [0.1, 0.15) is 11.6 Å². The van der Waals surface area contributed by atoms with Gasteiger partial charge in [0.15, 0.2) is 0 Å². The van der Waals surface area contributed by atoms with E-state index in [1.165, 1.54) is 55.3 Å². The highest BCUT2D eigenvalue weighted by atomic mass is 35.5. The predicted molar refractivity (Wildman–Crippen MR) is 129 cm³/mol. The fourth-order valence-corrected chi connectivity index (χ4v) is 3.86. The average Bonchev–Trinajstić information content (AvgIpc) is 2.73. The molecule has 0 unspecified atom stereocenters. The number of amides is 1. The number of halogens is 2. The van der Waals surface area contributed by atoms with Crippen molar-refractivity contribution in [3.63, 3.8) is 0 Å². The minimum Gasteiger partial charge on any atom is -0.398 e. The standard InChI is InChI=1S/C21H26ClFN4O.C3H8O/c1-27(2)21(28)19-17(24)9-8-14(20(19)23)15-12-26-18(10-16(15)22)25-11-13-6-4-3-5-7-13;1-3(2)4/h8-10,12-13H,3-7,11,24H2,1-2H3,(H,25,26);3-4H,1-2H3. The number of aliphatic hydroxyl groups is 1. The second kappa shape index (κ2) is 12.0. The summed E-state index contributed by atoms with van der Waals surface area (Å²) in [6.07, 6.45) is 7.72. The highest BCUT2D eigenvalue weighted by molar-refractivity contribution is 6.33. The Bertz CT molecular complexity index is 912. The van der Waals surface area contributed by atoms with Crippen molar-refractivity contribution in [1.29, 1.82) is 0 Å². The summed E-state index contributed by atoms with van der Waals surface area (Å²) in [6.45, 7) is 4.31. The Morgan fingerprint density at radius 2 is 1.91 bits per heavy atom. The Morgan fingerprint density at radius 3 is 2.47 bits per heavy atom. The minimum atomic E-state index is -0.690. The monoisotopic (exact) mass is 464 g/mol. The first-order valence-corrected chi connectivity index (χ1v) is 11.4. The summed E-state index contributed by atoms with van der Waals surface area (Å²) in [5.74, 6) is 0.139. The molecule has 1 aliphatic rings. The van der Waals surface area contributed by atoms with Gasteiger partial charge in [0, 0.05) is 49.8 Å². The van der Waals surface area contributed by atoms with Crippen molar-refractivity contribution in [3.05, 3.63) is 40.8 Å². The molecule has 3 rings (SSSR count). The number of nitrogens with one attached hydrogen (secondary N) is 1. The Balaban J connectivity index is 0.000000837. The lowest BCUT2D eigenvalue weighted by Gasteiger charge is -2.22. The van der Waals surface area contributed by atoms with E-state index < -0.39 is 11.7 Å². The number of hydrogen-bond acceptors (Lipinski definition) is 5. The van der Waals surface area contributed by atoms with Gasteiger partial charge in [-0.1, -0.05) is 30.9 Å². The van der Waals surface area contributed by atoms with E-state index >= 15 is 4.39 Å². The van der Waals surface area contributed by atoms with Crippen LogP contribution in [0.4, 0.5) is 15.9 Å². The molecule has 8 heteroatoms. The van der Waals surface area contributed by atoms with Gasteiger partial charge in [-0.25, -0.2) is 9.37 Å². The van der Waals surface area contributed by atoms with Gasteiger partial charge in [-0.15, -0.1) is 0 Å². The first kappa shape index (κ1) is 25.9. The van der Waals surface area contributed by atoms with E-state index in [0.29, 0.717) is 22.3 Å². The van der Waals surface area contributed by atoms with Gasteiger partial charge in [-0.2, -0.15) is 0 Å². The number of aromatic nitrogens is 1. The molecule has 2 aromatic rings. The van der Waals surface area contributed by atoms with Crippen LogP contribution in [0.1, 0.15) is 56.3 Å². The van der Waals surface area contributed by atoms with Crippen LogP contribution in [-0.4, -0.2) is 47.6 Å². The van der Waals surface area contributed by atoms with E-state index in [1.54, 1.807) is 34.0 Å². The van der Waals surface area contributed by atoms with Crippen LogP contribution >= 0.6 is 11.6 Å². The number of nitrogens with zero attached hydrogens (tertiary/aromatic N) is 2. The molecule has 1 heterocycles. The molecule has 1 amide bonds. The molecule has 1 fully saturated rings. The van der Waals surface area contributed by atoms with Crippen LogP contribution in [-0.2, 0) is 0 Å². The van der Waals surface area contributed by atoms with E-state index in [4.69, 9.17) is 22.4 Å². The zero-order valence-corrected chi connectivity index (χ0v) is 20.0. The largest absolute Gasteiger partial charge is 0.398 e. The molecule has 176 valence electrons. The third-order valence-corrected chi connectivity index (χ3v) is 5.55. The highest BCUT2D eigenvalue weighted by Gasteiger charge is 2.22. The number of carbonyl (C=O) groups is 1. The topological polar surface area (TPSA) is 91.5 Å². The normalized spacial score (nSPS) is 14.0. The second-order valence-corrected chi connectivity index (χ2v) is 9.03. The molecular weight excluding hydrogens is 431 g/mol. The first-order valence-electron chi connectivity index (χ1n) is 11.0. The lowest BCUT2D eigenvalue weighted by atomic mass is 9.89. The molecular formula is C24H34ClFN4O2. The van der Waals surface area contributed by atoms with Crippen LogP contribution in [0.3, 0.4) is 0 Å². The molecule has 1 aromatic heterocycles. The highest BCUT2D eigenvalue weighted by Crippen LogP contribution is 2.34. The lowest BCUT2D eigenvalue weighted by molar-refractivity contribution is 0.0824. The Hall–Kier alpha value is -2.38. The fraction of sp³-hybridized carbons (Fsp3) is 0.500. The molecule has 4 N–H and O–H groups in total. The zero-order chi connectivity index (χ0) is 23.8. The number of pyridine rings is 1. The van der Waals surface area contributed by atoms with Crippen molar-refractivity contribution in [2.45, 2.75) is 52.1 Å². The number of anilines is 2. The number of carbonyl (C=O) groups excluding carboxylic acids is 1.